The van der Waals surface area contributed by atoms with Crippen LogP contribution in [0.1, 0.15) is 46.0 Å². The number of rotatable bonds is 7. The molecule has 126 valence electrons. The Hall–Kier alpha value is -1.59. The molecule has 0 aromatic heterocycles. The number of likely N-dealkylation sites (tertiary alicyclic amines) is 1. The van der Waals surface area contributed by atoms with Crippen LogP contribution in [-0.2, 0) is 14.4 Å². The number of likely N-dealkylation sites (N-methyl/N-ethyl adjacent to an activating group) is 1. The Bertz CT molecular complexity index is 399. The van der Waals surface area contributed by atoms with Crippen LogP contribution < -0.4 is 0 Å². The van der Waals surface area contributed by atoms with Crippen LogP contribution in [0.15, 0.2) is 0 Å². The van der Waals surface area contributed by atoms with Crippen molar-refractivity contribution in [3.63, 3.8) is 0 Å². The molecule has 2 amide bonds. The summed E-state index contributed by atoms with van der Waals surface area (Å²) < 4.78 is 0. The number of amides is 2. The number of hydrogen-bond donors (Lipinski definition) is 1. The second-order valence-electron chi connectivity index (χ2n) is 6.13. The van der Waals surface area contributed by atoms with Crippen LogP contribution in [0.2, 0.25) is 0 Å². The maximum Gasteiger partial charge on any atom is 0.306 e. The predicted octanol–water partition coefficient (Wildman–Crippen LogP) is 1.59. The van der Waals surface area contributed by atoms with Gasteiger partial charge in [-0.2, -0.15) is 0 Å². The minimum Gasteiger partial charge on any atom is -0.481 e. The molecular weight excluding hydrogens is 284 g/mol. The second kappa shape index (κ2) is 8.76. The van der Waals surface area contributed by atoms with Crippen molar-refractivity contribution in [1.29, 1.82) is 0 Å². The quantitative estimate of drug-likeness (QED) is 0.774. The van der Waals surface area contributed by atoms with Gasteiger partial charge in [-0.15, -0.1) is 0 Å². The number of nitrogens with zero attached hydrogens (tertiary/aromatic N) is 2. The Kier molecular flexibility index (Phi) is 7.35. The zero-order chi connectivity index (χ0) is 16.7. The largest absolute Gasteiger partial charge is 0.481 e. The van der Waals surface area contributed by atoms with E-state index in [4.69, 9.17) is 5.11 Å². The zero-order valence-corrected chi connectivity index (χ0v) is 13.9. The third-order valence-electron chi connectivity index (χ3n) is 4.61. The lowest BCUT2D eigenvalue weighted by molar-refractivity contribution is -0.146. The summed E-state index contributed by atoms with van der Waals surface area (Å²) in [4.78, 5) is 38.4. The van der Waals surface area contributed by atoms with Crippen LogP contribution in [0.3, 0.4) is 0 Å². The first kappa shape index (κ1) is 18.5. The van der Waals surface area contributed by atoms with Gasteiger partial charge < -0.3 is 14.9 Å². The van der Waals surface area contributed by atoms with Gasteiger partial charge in [0.15, 0.2) is 0 Å². The fraction of sp³-hybridized carbons (Fsp3) is 0.812. The molecule has 0 spiro atoms. The SMILES string of the molecule is CCC(CC)CC(=O)N(C)CC(=O)N1CCC(C(=O)O)CC1. The highest BCUT2D eigenvalue weighted by Gasteiger charge is 2.28. The molecule has 0 atom stereocenters. The summed E-state index contributed by atoms with van der Waals surface area (Å²) in [6.45, 7) is 5.14. The van der Waals surface area contributed by atoms with Gasteiger partial charge in [0.2, 0.25) is 11.8 Å². The molecule has 1 aliphatic heterocycles. The molecule has 0 aromatic rings. The molecule has 1 rings (SSSR count). The summed E-state index contributed by atoms with van der Waals surface area (Å²) in [5.41, 5.74) is 0. The maximum absolute atomic E-state index is 12.2. The van der Waals surface area contributed by atoms with E-state index in [1.165, 1.54) is 4.90 Å². The molecule has 1 heterocycles. The van der Waals surface area contributed by atoms with E-state index in [0.717, 1.165) is 12.8 Å². The lowest BCUT2D eigenvalue weighted by atomic mass is 9.97. The molecule has 0 radical (unpaired) electrons. The molecule has 22 heavy (non-hydrogen) atoms. The van der Waals surface area contributed by atoms with E-state index < -0.39 is 5.97 Å². The number of carboxylic acid groups (broad SMARTS) is 1. The highest BCUT2D eigenvalue weighted by molar-refractivity contribution is 5.85. The molecule has 0 aliphatic carbocycles. The van der Waals surface area contributed by atoms with Crippen molar-refractivity contribution in [3.05, 3.63) is 0 Å². The van der Waals surface area contributed by atoms with E-state index in [9.17, 15) is 14.4 Å². The first-order valence-corrected chi connectivity index (χ1v) is 8.13. The number of aliphatic carboxylic acids is 1. The van der Waals surface area contributed by atoms with Crippen LogP contribution in [0.4, 0.5) is 0 Å². The number of carbonyl (C=O) groups excluding carboxylic acids is 2. The Morgan fingerprint density at radius 1 is 1.18 bits per heavy atom. The lowest BCUT2D eigenvalue weighted by Gasteiger charge is -2.31. The van der Waals surface area contributed by atoms with Crippen LogP contribution in [0.25, 0.3) is 0 Å². The van der Waals surface area contributed by atoms with Crippen LogP contribution in [-0.4, -0.2) is 59.4 Å². The molecule has 0 aromatic carbocycles. The minimum absolute atomic E-state index is 0.00229. The molecule has 1 aliphatic rings. The van der Waals surface area contributed by atoms with Crippen molar-refractivity contribution < 1.29 is 19.5 Å². The average Bonchev–Trinajstić information content (AvgIpc) is 2.52. The smallest absolute Gasteiger partial charge is 0.306 e. The van der Waals surface area contributed by atoms with Gasteiger partial charge in [-0.3, -0.25) is 14.4 Å². The lowest BCUT2D eigenvalue weighted by Crippen LogP contribution is -2.45. The third-order valence-corrected chi connectivity index (χ3v) is 4.61. The van der Waals surface area contributed by atoms with Crippen molar-refractivity contribution in [2.45, 2.75) is 46.0 Å². The Morgan fingerprint density at radius 3 is 2.18 bits per heavy atom. The summed E-state index contributed by atoms with van der Waals surface area (Å²) in [7, 11) is 1.66. The van der Waals surface area contributed by atoms with Gasteiger partial charge in [-0.1, -0.05) is 26.7 Å². The van der Waals surface area contributed by atoms with Gasteiger partial charge in [0, 0.05) is 26.6 Å². The summed E-state index contributed by atoms with van der Waals surface area (Å²) in [6, 6.07) is 0. The van der Waals surface area contributed by atoms with E-state index >= 15 is 0 Å². The fourth-order valence-corrected chi connectivity index (χ4v) is 2.75. The van der Waals surface area contributed by atoms with Gasteiger partial charge >= 0.3 is 5.97 Å². The normalized spacial score (nSPS) is 15.9. The van der Waals surface area contributed by atoms with Crippen molar-refractivity contribution in [2.75, 3.05) is 26.7 Å². The van der Waals surface area contributed by atoms with Crippen molar-refractivity contribution in [2.24, 2.45) is 11.8 Å². The third kappa shape index (κ3) is 5.31. The number of carboxylic acids is 1. The van der Waals surface area contributed by atoms with E-state index in [-0.39, 0.29) is 24.3 Å². The molecule has 0 saturated carbocycles. The monoisotopic (exact) mass is 312 g/mol. The molecule has 0 bridgehead atoms. The van der Waals surface area contributed by atoms with Crippen molar-refractivity contribution >= 4 is 17.8 Å². The molecule has 6 nitrogen and oxygen atoms in total. The summed E-state index contributed by atoms with van der Waals surface area (Å²) in [6.07, 6.45) is 3.40. The number of hydrogen-bond acceptors (Lipinski definition) is 3. The molecule has 1 N–H and O–H groups in total. The number of piperidine rings is 1. The standard InChI is InChI=1S/C16H28N2O4/c1-4-12(5-2)10-14(19)17(3)11-15(20)18-8-6-13(7-9-18)16(21)22/h12-13H,4-11H2,1-3H3,(H,21,22). The van der Waals surface area contributed by atoms with Gasteiger partial charge in [-0.05, 0) is 18.8 Å². The van der Waals surface area contributed by atoms with Gasteiger partial charge in [0.1, 0.15) is 0 Å². The Morgan fingerprint density at radius 2 is 1.73 bits per heavy atom. The van der Waals surface area contributed by atoms with Gasteiger partial charge in [0.05, 0.1) is 12.5 Å². The summed E-state index contributed by atoms with van der Waals surface area (Å²) in [5.74, 6) is -0.856. The molecule has 0 unspecified atom stereocenters. The second-order valence-corrected chi connectivity index (χ2v) is 6.13. The van der Waals surface area contributed by atoms with Crippen LogP contribution in [0, 0.1) is 11.8 Å². The molecular formula is C16H28N2O4. The first-order chi connectivity index (χ1) is 10.4. The number of carbonyl (C=O) groups is 3. The summed E-state index contributed by atoms with van der Waals surface area (Å²) in [5, 5.41) is 8.96. The van der Waals surface area contributed by atoms with E-state index in [0.29, 0.717) is 38.3 Å². The highest BCUT2D eigenvalue weighted by atomic mass is 16.4. The van der Waals surface area contributed by atoms with Crippen LogP contribution >= 0.6 is 0 Å². The topological polar surface area (TPSA) is 77.9 Å². The molecule has 1 saturated heterocycles. The van der Waals surface area contributed by atoms with E-state index in [2.05, 4.69) is 13.8 Å². The Balaban J connectivity index is 2.41. The van der Waals surface area contributed by atoms with Crippen molar-refractivity contribution in [3.8, 4) is 0 Å². The average molecular weight is 312 g/mol. The van der Waals surface area contributed by atoms with Crippen molar-refractivity contribution in [1.82, 2.24) is 9.80 Å². The molecule has 6 heteroatoms. The fourth-order valence-electron chi connectivity index (χ4n) is 2.75. The molecule has 1 fully saturated rings. The minimum atomic E-state index is -0.787. The maximum atomic E-state index is 12.2. The van der Waals surface area contributed by atoms with Gasteiger partial charge in [-0.25, -0.2) is 0 Å². The van der Waals surface area contributed by atoms with Crippen LogP contribution in [0.5, 0.6) is 0 Å². The highest BCUT2D eigenvalue weighted by Crippen LogP contribution is 2.18. The zero-order valence-electron chi connectivity index (χ0n) is 13.9. The summed E-state index contributed by atoms with van der Waals surface area (Å²) >= 11 is 0. The van der Waals surface area contributed by atoms with E-state index in [1.807, 2.05) is 0 Å². The predicted molar refractivity (Wildman–Crippen MR) is 83.3 cm³/mol. The van der Waals surface area contributed by atoms with E-state index in [1.54, 1.807) is 11.9 Å². The van der Waals surface area contributed by atoms with Gasteiger partial charge in [0.25, 0.3) is 0 Å². The first-order valence-electron chi connectivity index (χ1n) is 8.13. The Labute approximate surface area is 132 Å².